The molecule has 0 aliphatic rings. The van der Waals surface area contributed by atoms with Crippen molar-refractivity contribution in [1.82, 2.24) is 4.90 Å². The van der Waals surface area contributed by atoms with Crippen LogP contribution in [0.15, 0.2) is 24.3 Å². The van der Waals surface area contributed by atoms with E-state index >= 15 is 0 Å². The van der Waals surface area contributed by atoms with Gasteiger partial charge in [-0.05, 0) is 38.6 Å². The van der Waals surface area contributed by atoms with Crippen molar-refractivity contribution < 1.29 is 0 Å². The molecule has 0 radical (unpaired) electrons. The average Bonchev–Trinajstić information content (AvgIpc) is 2.18. The van der Waals surface area contributed by atoms with Gasteiger partial charge in [-0.25, -0.2) is 0 Å². The van der Waals surface area contributed by atoms with E-state index in [0.29, 0.717) is 6.04 Å². The molecule has 0 unspecified atom stereocenters. The minimum absolute atomic E-state index is 0.512. The second kappa shape index (κ2) is 5.16. The average molecular weight is 191 g/mol. The molecule has 1 aromatic rings. The van der Waals surface area contributed by atoms with Crippen LogP contribution in [0.3, 0.4) is 0 Å². The molecule has 0 amide bonds. The van der Waals surface area contributed by atoms with E-state index in [0.717, 1.165) is 0 Å². The van der Waals surface area contributed by atoms with E-state index in [9.17, 15) is 0 Å². The van der Waals surface area contributed by atoms with E-state index in [1.807, 2.05) is 0 Å². The number of hydrogen-bond acceptors (Lipinski definition) is 1. The smallest absolute Gasteiger partial charge is 0.0316 e. The Kier molecular flexibility index (Phi) is 4.15. The van der Waals surface area contributed by atoms with Crippen molar-refractivity contribution in [3.8, 4) is 0 Å². The Balaban J connectivity index is 2.94. The molecule has 1 rings (SSSR count). The van der Waals surface area contributed by atoms with Gasteiger partial charge < -0.3 is 4.90 Å². The van der Waals surface area contributed by atoms with Gasteiger partial charge in [-0.15, -0.1) is 0 Å². The van der Waals surface area contributed by atoms with Crippen LogP contribution in [-0.2, 0) is 6.42 Å². The highest BCUT2D eigenvalue weighted by atomic mass is 15.1. The van der Waals surface area contributed by atoms with Crippen molar-refractivity contribution in [1.29, 1.82) is 0 Å². The van der Waals surface area contributed by atoms with Crippen molar-refractivity contribution in [3.05, 3.63) is 35.4 Å². The third kappa shape index (κ3) is 2.58. The van der Waals surface area contributed by atoms with Gasteiger partial charge in [0.15, 0.2) is 0 Å². The molecular formula is C13H21N. The molecule has 0 aliphatic heterocycles. The Morgan fingerprint density at radius 1 is 1.21 bits per heavy atom. The molecule has 14 heavy (non-hydrogen) atoms. The molecule has 78 valence electrons. The number of rotatable bonds is 4. The van der Waals surface area contributed by atoms with Gasteiger partial charge in [0.2, 0.25) is 0 Å². The molecular weight excluding hydrogens is 170 g/mol. The number of hydrogen-bond donors (Lipinski definition) is 0. The first-order valence-corrected chi connectivity index (χ1v) is 5.41. The highest BCUT2D eigenvalue weighted by Gasteiger charge is 2.10. The Hall–Kier alpha value is -0.820. The molecule has 0 aromatic heterocycles. The maximum Gasteiger partial charge on any atom is 0.0316 e. The first-order valence-electron chi connectivity index (χ1n) is 5.41. The van der Waals surface area contributed by atoms with Gasteiger partial charge >= 0.3 is 0 Å². The lowest BCUT2D eigenvalue weighted by Crippen LogP contribution is -2.18. The topological polar surface area (TPSA) is 3.24 Å². The summed E-state index contributed by atoms with van der Waals surface area (Å²) < 4.78 is 0. The van der Waals surface area contributed by atoms with E-state index in [-0.39, 0.29) is 0 Å². The van der Waals surface area contributed by atoms with Crippen molar-refractivity contribution in [3.63, 3.8) is 0 Å². The SMILES string of the molecule is CCCc1ccccc1[C@H](C)N(C)C. The summed E-state index contributed by atoms with van der Waals surface area (Å²) in [5.41, 5.74) is 2.97. The molecule has 0 aliphatic carbocycles. The zero-order valence-corrected chi connectivity index (χ0v) is 9.75. The zero-order chi connectivity index (χ0) is 10.6. The highest BCUT2D eigenvalue weighted by molar-refractivity contribution is 5.29. The Bertz CT molecular complexity index is 278. The van der Waals surface area contributed by atoms with Crippen molar-refractivity contribution in [2.24, 2.45) is 0 Å². The largest absolute Gasteiger partial charge is 0.303 e. The van der Waals surface area contributed by atoms with Crippen LogP contribution in [0.2, 0.25) is 0 Å². The third-order valence-corrected chi connectivity index (χ3v) is 2.80. The molecule has 0 N–H and O–H groups in total. The molecule has 0 fully saturated rings. The molecule has 1 aromatic carbocycles. The summed E-state index contributed by atoms with van der Waals surface area (Å²) >= 11 is 0. The standard InChI is InChI=1S/C13H21N/c1-5-8-12-9-6-7-10-13(12)11(2)14(3)4/h6-7,9-11H,5,8H2,1-4H3/t11-/m0/s1. The predicted octanol–water partition coefficient (Wildman–Crippen LogP) is 3.26. The number of aryl methyl sites for hydroxylation is 1. The summed E-state index contributed by atoms with van der Waals surface area (Å²) in [7, 11) is 4.26. The Morgan fingerprint density at radius 2 is 1.86 bits per heavy atom. The molecule has 1 heteroatoms. The normalized spacial score (nSPS) is 13.2. The van der Waals surface area contributed by atoms with Crippen LogP contribution in [0.4, 0.5) is 0 Å². The van der Waals surface area contributed by atoms with Gasteiger partial charge in [0.25, 0.3) is 0 Å². The van der Waals surface area contributed by atoms with Crippen molar-refractivity contribution >= 4 is 0 Å². The first kappa shape index (κ1) is 11.3. The van der Waals surface area contributed by atoms with Gasteiger partial charge in [0.1, 0.15) is 0 Å². The Morgan fingerprint density at radius 3 is 2.43 bits per heavy atom. The van der Waals surface area contributed by atoms with E-state index in [2.05, 4.69) is 57.1 Å². The number of nitrogens with zero attached hydrogens (tertiary/aromatic N) is 1. The molecule has 0 heterocycles. The van der Waals surface area contributed by atoms with Gasteiger partial charge in [0, 0.05) is 6.04 Å². The van der Waals surface area contributed by atoms with Crippen LogP contribution >= 0.6 is 0 Å². The summed E-state index contributed by atoms with van der Waals surface area (Å²) in [6.07, 6.45) is 2.41. The maximum absolute atomic E-state index is 2.26. The van der Waals surface area contributed by atoms with Crippen molar-refractivity contribution in [2.45, 2.75) is 32.7 Å². The fraction of sp³-hybridized carbons (Fsp3) is 0.538. The minimum atomic E-state index is 0.512. The summed E-state index contributed by atoms with van der Waals surface area (Å²) in [6, 6.07) is 9.28. The lowest BCUT2D eigenvalue weighted by molar-refractivity contribution is 0.319. The highest BCUT2D eigenvalue weighted by Crippen LogP contribution is 2.22. The Labute approximate surface area is 87.7 Å². The van der Waals surface area contributed by atoms with Gasteiger partial charge in [-0.3, -0.25) is 0 Å². The van der Waals surface area contributed by atoms with Gasteiger partial charge in [0.05, 0.1) is 0 Å². The summed E-state index contributed by atoms with van der Waals surface area (Å²) in [6.45, 7) is 4.49. The lowest BCUT2D eigenvalue weighted by atomic mass is 9.98. The van der Waals surface area contributed by atoms with Crippen LogP contribution in [0.5, 0.6) is 0 Å². The molecule has 0 spiro atoms. The first-order chi connectivity index (χ1) is 6.66. The summed E-state index contributed by atoms with van der Waals surface area (Å²) in [5, 5.41) is 0. The quantitative estimate of drug-likeness (QED) is 0.706. The van der Waals surface area contributed by atoms with E-state index in [4.69, 9.17) is 0 Å². The molecule has 0 saturated heterocycles. The van der Waals surface area contributed by atoms with Crippen LogP contribution in [0.1, 0.15) is 37.4 Å². The van der Waals surface area contributed by atoms with E-state index in [1.54, 1.807) is 0 Å². The number of benzene rings is 1. The molecule has 1 atom stereocenters. The zero-order valence-electron chi connectivity index (χ0n) is 9.75. The van der Waals surface area contributed by atoms with Gasteiger partial charge in [-0.2, -0.15) is 0 Å². The predicted molar refractivity (Wildman–Crippen MR) is 62.5 cm³/mol. The van der Waals surface area contributed by atoms with Crippen LogP contribution in [0.25, 0.3) is 0 Å². The molecule has 0 saturated carbocycles. The van der Waals surface area contributed by atoms with Crippen molar-refractivity contribution in [2.75, 3.05) is 14.1 Å². The van der Waals surface area contributed by atoms with E-state index in [1.165, 1.54) is 24.0 Å². The second-order valence-corrected chi connectivity index (χ2v) is 4.09. The fourth-order valence-corrected chi connectivity index (χ4v) is 1.72. The maximum atomic E-state index is 2.26. The molecule has 1 nitrogen and oxygen atoms in total. The van der Waals surface area contributed by atoms with E-state index < -0.39 is 0 Å². The monoisotopic (exact) mass is 191 g/mol. The molecule has 0 bridgehead atoms. The minimum Gasteiger partial charge on any atom is -0.303 e. The lowest BCUT2D eigenvalue weighted by Gasteiger charge is -2.22. The third-order valence-electron chi connectivity index (χ3n) is 2.80. The van der Waals surface area contributed by atoms with Crippen LogP contribution < -0.4 is 0 Å². The fourth-order valence-electron chi connectivity index (χ4n) is 1.72. The second-order valence-electron chi connectivity index (χ2n) is 4.09. The van der Waals surface area contributed by atoms with Crippen LogP contribution in [-0.4, -0.2) is 19.0 Å². The summed E-state index contributed by atoms with van der Waals surface area (Å²) in [5.74, 6) is 0. The summed E-state index contributed by atoms with van der Waals surface area (Å²) in [4.78, 5) is 2.26. The van der Waals surface area contributed by atoms with Gasteiger partial charge in [-0.1, -0.05) is 37.6 Å². The van der Waals surface area contributed by atoms with Crippen LogP contribution in [0, 0.1) is 0 Å².